The van der Waals surface area contributed by atoms with E-state index in [0.29, 0.717) is 41.9 Å². The second kappa shape index (κ2) is 11.1. The standard InChI is InChI=1S/C27H24Cl2N6O2/c28-21-11-12-22(29)23(17-21)32-26-25(35(36)37)27(31-18-30-26)34-15-13-33(14-16-34)24(19-7-3-1-4-8-19)20-9-5-2-6-10-20/h1-12,17-18,24H,13-16H2,(H,30,31,32). The van der Waals surface area contributed by atoms with Gasteiger partial charge in [0.2, 0.25) is 11.6 Å². The van der Waals surface area contributed by atoms with Crippen molar-refractivity contribution in [3.05, 3.63) is 116 Å². The van der Waals surface area contributed by atoms with Crippen LogP contribution in [0.1, 0.15) is 17.2 Å². The molecule has 0 aliphatic carbocycles. The molecule has 10 heteroatoms. The van der Waals surface area contributed by atoms with E-state index in [2.05, 4.69) is 44.5 Å². The van der Waals surface area contributed by atoms with Crippen LogP contribution in [0.2, 0.25) is 10.0 Å². The fraction of sp³-hybridized carbons (Fsp3) is 0.185. The SMILES string of the molecule is O=[N+]([O-])c1c(Nc2cc(Cl)ccc2Cl)ncnc1N1CCN(C(c2ccccc2)c2ccccc2)CC1. The van der Waals surface area contributed by atoms with Gasteiger partial charge in [-0.2, -0.15) is 0 Å². The maximum atomic E-state index is 12.2. The summed E-state index contributed by atoms with van der Waals surface area (Å²) in [5.74, 6) is 0.337. The molecule has 2 heterocycles. The number of nitro groups is 1. The first-order chi connectivity index (χ1) is 18.0. The van der Waals surface area contributed by atoms with Crippen molar-refractivity contribution in [2.24, 2.45) is 0 Å². The Morgan fingerprint density at radius 2 is 1.49 bits per heavy atom. The van der Waals surface area contributed by atoms with Crippen LogP contribution in [0, 0.1) is 10.1 Å². The van der Waals surface area contributed by atoms with Gasteiger partial charge >= 0.3 is 5.69 Å². The van der Waals surface area contributed by atoms with E-state index in [4.69, 9.17) is 23.2 Å². The molecule has 8 nitrogen and oxygen atoms in total. The van der Waals surface area contributed by atoms with Crippen LogP contribution in [0.4, 0.5) is 23.0 Å². The molecule has 37 heavy (non-hydrogen) atoms. The van der Waals surface area contributed by atoms with Crippen LogP contribution in [0.5, 0.6) is 0 Å². The Hall–Kier alpha value is -3.72. The van der Waals surface area contributed by atoms with Crippen molar-refractivity contribution < 1.29 is 4.92 Å². The molecule has 0 saturated carbocycles. The topological polar surface area (TPSA) is 87.4 Å². The summed E-state index contributed by atoms with van der Waals surface area (Å²) in [6.07, 6.45) is 1.33. The first-order valence-corrected chi connectivity index (χ1v) is 12.6. The van der Waals surface area contributed by atoms with Crippen molar-refractivity contribution in [3.8, 4) is 0 Å². The zero-order valence-electron chi connectivity index (χ0n) is 19.8. The predicted molar refractivity (Wildman–Crippen MR) is 147 cm³/mol. The van der Waals surface area contributed by atoms with Crippen LogP contribution in [0.25, 0.3) is 0 Å². The number of rotatable bonds is 7. The molecule has 5 rings (SSSR count). The normalized spacial score (nSPS) is 14.1. The molecule has 0 radical (unpaired) electrons. The third kappa shape index (κ3) is 5.51. The van der Waals surface area contributed by atoms with E-state index in [1.807, 2.05) is 41.3 Å². The Kier molecular flexibility index (Phi) is 7.50. The van der Waals surface area contributed by atoms with Crippen molar-refractivity contribution in [1.82, 2.24) is 14.9 Å². The molecule has 0 atom stereocenters. The third-order valence-corrected chi connectivity index (χ3v) is 6.94. The van der Waals surface area contributed by atoms with Gasteiger partial charge in [0.05, 0.1) is 21.7 Å². The fourth-order valence-corrected chi connectivity index (χ4v) is 4.99. The zero-order valence-corrected chi connectivity index (χ0v) is 21.3. The Balaban J connectivity index is 1.40. The quantitative estimate of drug-likeness (QED) is 0.218. The minimum absolute atomic E-state index is 0.0630. The van der Waals surface area contributed by atoms with Crippen molar-refractivity contribution in [3.63, 3.8) is 0 Å². The lowest BCUT2D eigenvalue weighted by Gasteiger charge is -2.40. The van der Waals surface area contributed by atoms with E-state index < -0.39 is 4.92 Å². The highest BCUT2D eigenvalue weighted by molar-refractivity contribution is 6.35. The molecule has 1 saturated heterocycles. The molecule has 1 fully saturated rings. The lowest BCUT2D eigenvalue weighted by Crippen LogP contribution is -2.48. The molecule has 1 N–H and O–H groups in total. The molecule has 188 valence electrons. The number of benzene rings is 3. The molecule has 0 bridgehead atoms. The number of nitrogens with zero attached hydrogens (tertiary/aromatic N) is 5. The van der Waals surface area contributed by atoms with Gasteiger partial charge in [-0.1, -0.05) is 83.9 Å². The molecular formula is C27H24Cl2N6O2. The van der Waals surface area contributed by atoms with Crippen LogP contribution in [-0.2, 0) is 0 Å². The van der Waals surface area contributed by atoms with E-state index in [-0.39, 0.29) is 23.4 Å². The Morgan fingerprint density at radius 1 is 0.865 bits per heavy atom. The van der Waals surface area contributed by atoms with Gasteiger partial charge in [0, 0.05) is 31.2 Å². The lowest BCUT2D eigenvalue weighted by molar-refractivity contribution is -0.383. The van der Waals surface area contributed by atoms with E-state index in [0.717, 1.165) is 0 Å². The summed E-state index contributed by atoms with van der Waals surface area (Å²) in [6, 6.07) is 25.7. The average Bonchev–Trinajstić information content (AvgIpc) is 2.92. The van der Waals surface area contributed by atoms with Gasteiger partial charge in [-0.05, 0) is 29.3 Å². The number of halogens is 2. The summed E-state index contributed by atoms with van der Waals surface area (Å²) in [6.45, 7) is 2.56. The smallest absolute Gasteiger partial charge is 0.348 e. The summed E-state index contributed by atoms with van der Waals surface area (Å²) in [4.78, 5) is 24.5. The minimum atomic E-state index is -0.459. The van der Waals surface area contributed by atoms with Crippen molar-refractivity contribution in [2.75, 3.05) is 36.4 Å². The van der Waals surface area contributed by atoms with E-state index >= 15 is 0 Å². The molecule has 4 aromatic rings. The lowest BCUT2D eigenvalue weighted by atomic mass is 9.96. The Labute approximate surface area is 224 Å². The maximum absolute atomic E-state index is 12.2. The number of aromatic nitrogens is 2. The fourth-order valence-electron chi connectivity index (χ4n) is 4.66. The highest BCUT2D eigenvalue weighted by Crippen LogP contribution is 2.37. The summed E-state index contributed by atoms with van der Waals surface area (Å²) in [5.41, 5.74) is 2.65. The second-order valence-corrected chi connectivity index (χ2v) is 9.49. The van der Waals surface area contributed by atoms with Crippen molar-refractivity contribution in [1.29, 1.82) is 0 Å². The molecule has 1 aliphatic rings. The summed E-state index contributed by atoms with van der Waals surface area (Å²) >= 11 is 12.4. The third-order valence-electron chi connectivity index (χ3n) is 6.38. The van der Waals surface area contributed by atoms with Crippen LogP contribution in [0.3, 0.4) is 0 Å². The van der Waals surface area contributed by atoms with Gasteiger partial charge in [-0.15, -0.1) is 0 Å². The van der Waals surface area contributed by atoms with Gasteiger partial charge in [0.15, 0.2) is 0 Å². The highest BCUT2D eigenvalue weighted by atomic mass is 35.5. The van der Waals surface area contributed by atoms with Gasteiger partial charge < -0.3 is 10.2 Å². The molecule has 1 aromatic heterocycles. The zero-order chi connectivity index (χ0) is 25.8. The number of hydrogen-bond donors (Lipinski definition) is 1. The number of anilines is 3. The predicted octanol–water partition coefficient (Wildman–Crippen LogP) is 6.35. The summed E-state index contributed by atoms with van der Waals surface area (Å²) in [5, 5.41) is 16.0. The van der Waals surface area contributed by atoms with E-state index in [9.17, 15) is 10.1 Å². The molecular weight excluding hydrogens is 511 g/mol. The van der Waals surface area contributed by atoms with Crippen molar-refractivity contribution in [2.45, 2.75) is 6.04 Å². The number of nitrogens with one attached hydrogen (secondary N) is 1. The van der Waals surface area contributed by atoms with E-state index in [1.165, 1.54) is 17.5 Å². The van der Waals surface area contributed by atoms with Gasteiger partial charge in [-0.3, -0.25) is 15.0 Å². The number of hydrogen-bond acceptors (Lipinski definition) is 7. The van der Waals surface area contributed by atoms with E-state index in [1.54, 1.807) is 18.2 Å². The molecule has 0 spiro atoms. The first-order valence-electron chi connectivity index (χ1n) is 11.8. The van der Waals surface area contributed by atoms with Gasteiger partial charge in [0.25, 0.3) is 0 Å². The number of piperazine rings is 1. The van der Waals surface area contributed by atoms with Gasteiger partial charge in [0.1, 0.15) is 6.33 Å². The monoisotopic (exact) mass is 534 g/mol. The summed E-state index contributed by atoms with van der Waals surface area (Å²) < 4.78 is 0. The van der Waals surface area contributed by atoms with Crippen LogP contribution in [0.15, 0.2) is 85.2 Å². The Morgan fingerprint density at radius 3 is 2.08 bits per heavy atom. The Bertz CT molecular complexity index is 1340. The molecule has 0 amide bonds. The first kappa shape index (κ1) is 25.0. The van der Waals surface area contributed by atoms with Crippen LogP contribution >= 0.6 is 23.2 Å². The molecule has 0 unspecified atom stereocenters. The maximum Gasteiger partial charge on any atom is 0.353 e. The largest absolute Gasteiger partial charge is 0.353 e. The minimum Gasteiger partial charge on any atom is -0.348 e. The second-order valence-electron chi connectivity index (χ2n) is 8.65. The molecule has 3 aromatic carbocycles. The summed E-state index contributed by atoms with van der Waals surface area (Å²) in [7, 11) is 0. The molecule has 1 aliphatic heterocycles. The van der Waals surface area contributed by atoms with Crippen molar-refractivity contribution >= 4 is 46.2 Å². The average molecular weight is 535 g/mol. The van der Waals surface area contributed by atoms with Crippen LogP contribution in [-0.4, -0.2) is 46.0 Å². The van der Waals surface area contributed by atoms with Gasteiger partial charge in [-0.25, -0.2) is 9.97 Å². The highest BCUT2D eigenvalue weighted by Gasteiger charge is 2.32. The van der Waals surface area contributed by atoms with Crippen LogP contribution < -0.4 is 10.2 Å².